The van der Waals surface area contributed by atoms with Crippen molar-refractivity contribution in [3.8, 4) is 5.75 Å². The molecule has 0 saturated carbocycles. The van der Waals surface area contributed by atoms with Gasteiger partial charge in [0.05, 0.1) is 11.6 Å². The van der Waals surface area contributed by atoms with E-state index < -0.39 is 17.4 Å². The molecule has 0 radical (unpaired) electrons. The number of benzene rings is 4. The second kappa shape index (κ2) is 10.7. The maximum atomic E-state index is 14.0. The van der Waals surface area contributed by atoms with Crippen molar-refractivity contribution in [2.75, 3.05) is 5.32 Å². The number of carbonyl (C=O) groups is 1. The minimum absolute atomic E-state index is 0.231. The summed E-state index contributed by atoms with van der Waals surface area (Å²) in [6.45, 7) is 4.00. The van der Waals surface area contributed by atoms with Crippen molar-refractivity contribution in [2.24, 2.45) is 0 Å². The van der Waals surface area contributed by atoms with Crippen LogP contribution in [0.4, 0.5) is 5.69 Å². The zero-order valence-corrected chi connectivity index (χ0v) is 22.1. The number of hydrogen-bond acceptors (Lipinski definition) is 4. The van der Waals surface area contributed by atoms with E-state index in [1.165, 1.54) is 0 Å². The van der Waals surface area contributed by atoms with Gasteiger partial charge in [-0.25, -0.2) is 0 Å². The molecular formula is C32H29ClN2O3. The Balaban J connectivity index is 1.60. The van der Waals surface area contributed by atoms with E-state index in [1.54, 1.807) is 12.1 Å². The first-order chi connectivity index (χ1) is 18.3. The molecule has 4 aromatic carbocycles. The van der Waals surface area contributed by atoms with Crippen LogP contribution in [0.3, 0.4) is 0 Å². The molecule has 1 unspecified atom stereocenters. The minimum atomic E-state index is -0.804. The molecule has 1 heterocycles. The van der Waals surface area contributed by atoms with Crippen LogP contribution in [0.15, 0.2) is 83.7 Å². The first-order valence-electron chi connectivity index (χ1n) is 12.8. The van der Waals surface area contributed by atoms with Crippen molar-refractivity contribution in [1.82, 2.24) is 4.98 Å². The van der Waals surface area contributed by atoms with Gasteiger partial charge in [-0.15, -0.1) is 0 Å². The quantitative estimate of drug-likeness (QED) is 0.187. The fourth-order valence-corrected chi connectivity index (χ4v) is 5.20. The molecule has 0 fully saturated rings. The van der Waals surface area contributed by atoms with E-state index in [4.69, 9.17) is 11.6 Å². The third kappa shape index (κ3) is 5.15. The van der Waals surface area contributed by atoms with Crippen LogP contribution in [-0.2, 0) is 12.8 Å². The smallest absolute Gasteiger partial charge is 0.263 e. The Morgan fingerprint density at radius 3 is 2.47 bits per heavy atom. The fourth-order valence-electron chi connectivity index (χ4n) is 5.07. The number of hydrogen-bond donors (Lipinski definition) is 3. The molecule has 1 atom stereocenters. The summed E-state index contributed by atoms with van der Waals surface area (Å²) in [4.78, 5) is 30.1. The number of nitrogens with one attached hydrogen (secondary N) is 2. The summed E-state index contributed by atoms with van der Waals surface area (Å²) >= 11 is 6.08. The predicted molar refractivity (Wildman–Crippen MR) is 156 cm³/mol. The van der Waals surface area contributed by atoms with Crippen molar-refractivity contribution >= 4 is 44.7 Å². The SMILES string of the molecule is CCCc1cc(C)cc2[nH]c(=O)c(C(=O)C(Cc3ccc(Cl)cc3)Nc3ccc4ccccc4c3)c(O)c12. The van der Waals surface area contributed by atoms with Crippen molar-refractivity contribution < 1.29 is 9.90 Å². The van der Waals surface area contributed by atoms with Crippen molar-refractivity contribution in [1.29, 1.82) is 0 Å². The number of carbonyl (C=O) groups excluding carboxylic acids is 1. The van der Waals surface area contributed by atoms with Crippen LogP contribution in [0.1, 0.15) is 40.4 Å². The number of Topliss-reactive ketones (excluding diaryl/α,β-unsaturated/α-hetero) is 1. The number of aryl methyl sites for hydroxylation is 2. The molecule has 1 aromatic heterocycles. The van der Waals surface area contributed by atoms with Gasteiger partial charge in [0.1, 0.15) is 11.3 Å². The number of H-pyrrole nitrogens is 1. The molecule has 192 valence electrons. The summed E-state index contributed by atoms with van der Waals surface area (Å²) in [6, 6.07) is 24.1. The molecule has 38 heavy (non-hydrogen) atoms. The first kappa shape index (κ1) is 25.6. The number of ketones is 1. The minimum Gasteiger partial charge on any atom is -0.506 e. The molecule has 5 nitrogen and oxygen atoms in total. The lowest BCUT2D eigenvalue weighted by molar-refractivity contribution is 0.0965. The number of aromatic nitrogens is 1. The molecule has 0 aliphatic carbocycles. The highest BCUT2D eigenvalue weighted by Crippen LogP contribution is 2.32. The molecule has 5 aromatic rings. The molecular weight excluding hydrogens is 496 g/mol. The second-order valence-corrected chi connectivity index (χ2v) is 10.2. The van der Waals surface area contributed by atoms with Crippen molar-refractivity contribution in [3.63, 3.8) is 0 Å². The number of halogens is 1. The lowest BCUT2D eigenvalue weighted by Crippen LogP contribution is -2.35. The second-order valence-electron chi connectivity index (χ2n) is 9.73. The van der Waals surface area contributed by atoms with Crippen LogP contribution in [0, 0.1) is 6.92 Å². The Kier molecular flexibility index (Phi) is 7.21. The third-order valence-electron chi connectivity index (χ3n) is 6.84. The highest BCUT2D eigenvalue weighted by Gasteiger charge is 2.28. The molecule has 0 amide bonds. The predicted octanol–water partition coefficient (Wildman–Crippen LogP) is 7.21. The molecule has 0 saturated heterocycles. The van der Waals surface area contributed by atoms with Crippen molar-refractivity contribution in [2.45, 2.75) is 39.2 Å². The van der Waals surface area contributed by atoms with Crippen LogP contribution in [0.5, 0.6) is 5.75 Å². The molecule has 3 N–H and O–H groups in total. The fraction of sp³-hybridized carbons (Fsp3) is 0.188. The maximum absolute atomic E-state index is 14.0. The molecule has 0 aliphatic rings. The van der Waals surface area contributed by atoms with Gasteiger partial charge in [-0.1, -0.05) is 73.5 Å². The molecule has 0 spiro atoms. The maximum Gasteiger partial charge on any atom is 0.263 e. The monoisotopic (exact) mass is 524 g/mol. The Labute approximate surface area is 226 Å². The van der Waals surface area contributed by atoms with E-state index in [9.17, 15) is 14.7 Å². The number of aromatic amines is 1. The van der Waals surface area contributed by atoms with Gasteiger partial charge in [0.2, 0.25) is 0 Å². The van der Waals surface area contributed by atoms with Gasteiger partial charge < -0.3 is 15.4 Å². The zero-order valence-electron chi connectivity index (χ0n) is 21.3. The number of rotatable bonds is 8. The number of aromatic hydroxyl groups is 1. The number of anilines is 1. The van der Waals surface area contributed by atoms with E-state index in [0.29, 0.717) is 22.3 Å². The summed E-state index contributed by atoms with van der Waals surface area (Å²) in [5.74, 6) is -0.740. The van der Waals surface area contributed by atoms with Gasteiger partial charge in [-0.3, -0.25) is 9.59 Å². The summed E-state index contributed by atoms with van der Waals surface area (Å²) in [7, 11) is 0. The highest BCUT2D eigenvalue weighted by molar-refractivity contribution is 6.30. The largest absolute Gasteiger partial charge is 0.506 e. The Morgan fingerprint density at radius 2 is 1.74 bits per heavy atom. The van der Waals surface area contributed by atoms with Crippen LogP contribution >= 0.6 is 11.6 Å². The Hall–Kier alpha value is -4.09. The van der Waals surface area contributed by atoms with E-state index >= 15 is 0 Å². The highest BCUT2D eigenvalue weighted by atomic mass is 35.5. The standard InChI is InChI=1S/C32H29ClN2O3/c1-3-6-23-15-19(2)16-26-28(23)31(37)29(32(38)35-26)30(36)27(17-20-9-12-24(33)13-10-20)34-25-14-11-21-7-4-5-8-22(21)18-25/h4-5,7-16,18,27,34H,3,6,17H2,1-2H3,(H2,35,37,38). The van der Waals surface area contributed by atoms with Crippen LogP contribution in [0.2, 0.25) is 5.02 Å². The lowest BCUT2D eigenvalue weighted by atomic mass is 9.94. The van der Waals surface area contributed by atoms with Gasteiger partial charge in [0, 0.05) is 22.5 Å². The molecule has 6 heteroatoms. The summed E-state index contributed by atoms with van der Waals surface area (Å²) in [5.41, 5.74) is 3.20. The Bertz CT molecular complexity index is 1710. The average molecular weight is 525 g/mol. The van der Waals surface area contributed by atoms with Gasteiger partial charge in [-0.05, 0) is 71.1 Å². The normalized spacial score (nSPS) is 12.1. The molecule has 0 aliphatic heterocycles. The van der Waals surface area contributed by atoms with Crippen LogP contribution in [0.25, 0.3) is 21.7 Å². The van der Waals surface area contributed by atoms with Gasteiger partial charge in [0.15, 0.2) is 5.78 Å². The lowest BCUT2D eigenvalue weighted by Gasteiger charge is -2.21. The number of fused-ring (bicyclic) bond motifs is 2. The van der Waals surface area contributed by atoms with Crippen molar-refractivity contribution in [3.05, 3.63) is 116 Å². The summed E-state index contributed by atoms with van der Waals surface area (Å²) in [5, 5.41) is 17.9. The van der Waals surface area contributed by atoms with Gasteiger partial charge in [0.25, 0.3) is 5.56 Å². The van der Waals surface area contributed by atoms with E-state index in [1.807, 2.05) is 73.7 Å². The zero-order chi connectivity index (χ0) is 26.8. The van der Waals surface area contributed by atoms with E-state index in [2.05, 4.69) is 17.2 Å². The average Bonchev–Trinajstić information content (AvgIpc) is 2.89. The van der Waals surface area contributed by atoms with Gasteiger partial charge >= 0.3 is 0 Å². The topological polar surface area (TPSA) is 82.2 Å². The summed E-state index contributed by atoms with van der Waals surface area (Å²) < 4.78 is 0. The molecule has 5 rings (SSSR count). The van der Waals surface area contributed by atoms with E-state index in [-0.39, 0.29) is 11.3 Å². The van der Waals surface area contributed by atoms with Gasteiger partial charge in [-0.2, -0.15) is 0 Å². The summed E-state index contributed by atoms with van der Waals surface area (Å²) in [6.07, 6.45) is 1.88. The Morgan fingerprint density at radius 1 is 1.00 bits per heavy atom. The van der Waals surface area contributed by atoms with Crippen LogP contribution in [-0.4, -0.2) is 21.9 Å². The molecule has 0 bridgehead atoms. The third-order valence-corrected chi connectivity index (χ3v) is 7.09. The first-order valence-corrected chi connectivity index (χ1v) is 13.1. The number of pyridine rings is 1. The van der Waals surface area contributed by atoms with E-state index in [0.717, 1.165) is 46.0 Å². The van der Waals surface area contributed by atoms with Crippen LogP contribution < -0.4 is 10.9 Å².